The number of rotatable bonds is 6. The number of halogens is 2. The minimum atomic E-state index is -1.21. The van der Waals surface area contributed by atoms with Crippen LogP contribution in [0.15, 0.2) is 17.3 Å². The highest BCUT2D eigenvalue weighted by molar-refractivity contribution is 6.08. The molecule has 1 aliphatic heterocycles. The lowest BCUT2D eigenvalue weighted by molar-refractivity contribution is -0.136. The molecule has 0 unspecified atom stereocenters. The molecule has 1 aromatic carbocycles. The van der Waals surface area contributed by atoms with Crippen molar-refractivity contribution < 1.29 is 33.0 Å². The molecule has 0 saturated heterocycles. The van der Waals surface area contributed by atoms with Gasteiger partial charge in [0.25, 0.3) is 5.91 Å². The number of β-amino-alcohol motifs (C(OH)–C–C–N with tert-alkyl or cyclic N) is 1. The maximum atomic E-state index is 14.2. The molecule has 136 valence electrons. The van der Waals surface area contributed by atoms with Gasteiger partial charge in [-0.1, -0.05) is 0 Å². The Morgan fingerprint density at radius 3 is 2.60 bits per heavy atom. The highest BCUT2D eigenvalue weighted by atomic mass is 19.2. The van der Waals surface area contributed by atoms with Crippen LogP contribution in [-0.4, -0.2) is 55.8 Å². The summed E-state index contributed by atoms with van der Waals surface area (Å²) in [4.78, 5) is 25.5. The van der Waals surface area contributed by atoms with Gasteiger partial charge in [-0.3, -0.25) is 4.79 Å². The van der Waals surface area contributed by atoms with Crippen molar-refractivity contribution in [2.45, 2.75) is 6.92 Å². The normalized spacial score (nSPS) is 14.2. The zero-order valence-electron chi connectivity index (χ0n) is 14.0. The molecular weight excluding hydrogens is 338 g/mol. The molecule has 1 amide bonds. The number of esters is 1. The first-order chi connectivity index (χ1) is 11.8. The Morgan fingerprint density at radius 1 is 1.36 bits per heavy atom. The van der Waals surface area contributed by atoms with E-state index in [1.807, 2.05) is 0 Å². The molecule has 2 rings (SSSR count). The van der Waals surface area contributed by atoms with E-state index in [2.05, 4.69) is 10.1 Å². The third kappa shape index (κ3) is 3.41. The van der Waals surface area contributed by atoms with Gasteiger partial charge in [0.15, 0.2) is 11.6 Å². The standard InChI is InChI=1S/C16H18F2N2O5/c1-8-11(24-2)6-10(13(18)12(8)17)19-14-9(16(23)25-3)7-20(4-5-21)15(14)22/h6,19,21H,4-5,7H2,1-3H3. The predicted octanol–water partition coefficient (Wildman–Crippen LogP) is 0.955. The van der Waals surface area contributed by atoms with Crippen molar-refractivity contribution in [3.8, 4) is 5.75 Å². The van der Waals surface area contributed by atoms with Crippen molar-refractivity contribution in [3.63, 3.8) is 0 Å². The van der Waals surface area contributed by atoms with E-state index in [1.165, 1.54) is 25.0 Å². The van der Waals surface area contributed by atoms with Crippen LogP contribution in [0.1, 0.15) is 5.56 Å². The van der Waals surface area contributed by atoms with E-state index >= 15 is 0 Å². The highest BCUT2D eigenvalue weighted by Crippen LogP contribution is 2.31. The fourth-order valence-electron chi connectivity index (χ4n) is 2.48. The number of carbonyl (C=O) groups excluding carboxylic acids is 2. The summed E-state index contributed by atoms with van der Waals surface area (Å²) < 4.78 is 37.8. The van der Waals surface area contributed by atoms with Gasteiger partial charge in [0.05, 0.1) is 38.6 Å². The summed E-state index contributed by atoms with van der Waals surface area (Å²) in [6, 6.07) is 1.19. The molecule has 0 saturated carbocycles. The van der Waals surface area contributed by atoms with Gasteiger partial charge in [-0.2, -0.15) is 0 Å². The molecule has 7 nitrogen and oxygen atoms in total. The van der Waals surface area contributed by atoms with Crippen LogP contribution in [0.3, 0.4) is 0 Å². The molecule has 1 heterocycles. The Balaban J connectivity index is 2.47. The molecule has 1 aliphatic rings. The van der Waals surface area contributed by atoms with Gasteiger partial charge in [0.1, 0.15) is 11.4 Å². The molecular formula is C16H18F2N2O5. The van der Waals surface area contributed by atoms with Crippen LogP contribution in [0.4, 0.5) is 14.5 Å². The first-order valence-corrected chi connectivity index (χ1v) is 7.36. The molecule has 0 spiro atoms. The Hall–Kier alpha value is -2.68. The van der Waals surface area contributed by atoms with Crippen LogP contribution in [0, 0.1) is 18.6 Å². The van der Waals surface area contributed by atoms with E-state index in [0.29, 0.717) is 0 Å². The van der Waals surface area contributed by atoms with Gasteiger partial charge >= 0.3 is 5.97 Å². The van der Waals surface area contributed by atoms with Crippen molar-refractivity contribution in [1.82, 2.24) is 4.90 Å². The molecule has 0 aliphatic carbocycles. The Kier molecular flexibility index (Phi) is 5.58. The van der Waals surface area contributed by atoms with Gasteiger partial charge in [0.2, 0.25) is 0 Å². The second kappa shape index (κ2) is 7.47. The summed E-state index contributed by atoms with van der Waals surface area (Å²) in [5.74, 6) is -3.66. The van der Waals surface area contributed by atoms with Crippen molar-refractivity contribution >= 4 is 17.6 Å². The minimum absolute atomic E-state index is 0.0153. The predicted molar refractivity (Wildman–Crippen MR) is 84.0 cm³/mol. The number of nitrogens with zero attached hydrogens (tertiary/aromatic N) is 1. The van der Waals surface area contributed by atoms with Crippen molar-refractivity contribution in [2.75, 3.05) is 39.2 Å². The first-order valence-electron chi connectivity index (χ1n) is 7.36. The van der Waals surface area contributed by atoms with Crippen molar-refractivity contribution in [2.24, 2.45) is 0 Å². The lowest BCUT2D eigenvalue weighted by atomic mass is 10.1. The Labute approximate surface area is 142 Å². The smallest absolute Gasteiger partial charge is 0.337 e. The van der Waals surface area contributed by atoms with Crippen LogP contribution >= 0.6 is 0 Å². The van der Waals surface area contributed by atoms with Crippen molar-refractivity contribution in [3.05, 3.63) is 34.5 Å². The lowest BCUT2D eigenvalue weighted by Crippen LogP contribution is -2.31. The van der Waals surface area contributed by atoms with Crippen LogP contribution in [0.5, 0.6) is 5.75 Å². The second-order valence-corrected chi connectivity index (χ2v) is 5.30. The summed E-state index contributed by atoms with van der Waals surface area (Å²) in [5, 5.41) is 11.5. The number of amides is 1. The fraction of sp³-hybridized carbons (Fsp3) is 0.375. The number of aliphatic hydroxyl groups excluding tert-OH is 1. The highest BCUT2D eigenvalue weighted by Gasteiger charge is 2.35. The van der Waals surface area contributed by atoms with E-state index in [4.69, 9.17) is 9.84 Å². The molecule has 1 aromatic rings. The molecule has 0 aromatic heterocycles. The van der Waals surface area contributed by atoms with Crippen molar-refractivity contribution in [1.29, 1.82) is 0 Å². The number of hydrogen-bond acceptors (Lipinski definition) is 6. The number of anilines is 1. The number of methoxy groups -OCH3 is 2. The Bertz CT molecular complexity index is 749. The number of benzene rings is 1. The minimum Gasteiger partial charge on any atom is -0.496 e. The maximum Gasteiger partial charge on any atom is 0.337 e. The third-order valence-electron chi connectivity index (χ3n) is 3.84. The lowest BCUT2D eigenvalue weighted by Gasteiger charge is -2.16. The quantitative estimate of drug-likeness (QED) is 0.738. The fourth-order valence-corrected chi connectivity index (χ4v) is 2.48. The number of aliphatic hydroxyl groups is 1. The summed E-state index contributed by atoms with van der Waals surface area (Å²) in [6.07, 6.45) is 0. The monoisotopic (exact) mass is 356 g/mol. The molecule has 9 heteroatoms. The van der Waals surface area contributed by atoms with Gasteiger partial charge in [-0.05, 0) is 6.92 Å². The molecule has 0 bridgehead atoms. The number of ether oxygens (including phenoxy) is 2. The molecule has 0 radical (unpaired) electrons. The van der Waals surface area contributed by atoms with E-state index in [9.17, 15) is 18.4 Å². The summed E-state index contributed by atoms with van der Waals surface area (Å²) in [6.45, 7) is 0.915. The van der Waals surface area contributed by atoms with Gasteiger partial charge in [0, 0.05) is 18.2 Å². The van der Waals surface area contributed by atoms with E-state index in [1.54, 1.807) is 0 Å². The number of hydrogen-bond donors (Lipinski definition) is 2. The van der Waals surface area contributed by atoms with E-state index in [-0.39, 0.29) is 48.0 Å². The van der Waals surface area contributed by atoms with Gasteiger partial charge < -0.3 is 24.8 Å². The van der Waals surface area contributed by atoms with Gasteiger partial charge in [-0.15, -0.1) is 0 Å². The summed E-state index contributed by atoms with van der Waals surface area (Å²) in [7, 11) is 2.44. The van der Waals surface area contributed by atoms with Crippen LogP contribution in [0.25, 0.3) is 0 Å². The van der Waals surface area contributed by atoms with Crippen LogP contribution in [0.2, 0.25) is 0 Å². The molecule has 0 atom stereocenters. The zero-order valence-corrected chi connectivity index (χ0v) is 14.0. The Morgan fingerprint density at radius 2 is 2.04 bits per heavy atom. The van der Waals surface area contributed by atoms with E-state index < -0.39 is 23.5 Å². The second-order valence-electron chi connectivity index (χ2n) is 5.30. The topological polar surface area (TPSA) is 88.1 Å². The largest absolute Gasteiger partial charge is 0.496 e. The van der Waals surface area contributed by atoms with Crippen LogP contribution in [-0.2, 0) is 14.3 Å². The maximum absolute atomic E-state index is 14.2. The number of nitrogens with one attached hydrogen (secondary N) is 1. The first kappa shape index (κ1) is 18.7. The third-order valence-corrected chi connectivity index (χ3v) is 3.84. The summed E-state index contributed by atoms with van der Waals surface area (Å²) >= 11 is 0. The van der Waals surface area contributed by atoms with Gasteiger partial charge in [-0.25, -0.2) is 13.6 Å². The molecule has 0 fully saturated rings. The average Bonchev–Trinajstić information content (AvgIpc) is 2.91. The van der Waals surface area contributed by atoms with E-state index in [0.717, 1.165) is 7.11 Å². The molecule has 2 N–H and O–H groups in total. The average molecular weight is 356 g/mol. The molecule has 25 heavy (non-hydrogen) atoms. The SMILES string of the molecule is COC(=O)C1=C(Nc2cc(OC)c(C)c(F)c2F)C(=O)N(CCO)C1. The number of carbonyl (C=O) groups is 2. The van der Waals surface area contributed by atoms with Crippen LogP contribution < -0.4 is 10.1 Å². The summed E-state index contributed by atoms with van der Waals surface area (Å²) in [5.41, 5.74) is -0.646. The zero-order chi connectivity index (χ0) is 18.7.